The zero-order chi connectivity index (χ0) is 13.0. The predicted molar refractivity (Wildman–Crippen MR) is 64.6 cm³/mol. The molecule has 0 saturated heterocycles. The maximum Gasteiger partial charge on any atom is 0.376 e. The molecule has 0 aliphatic rings. The van der Waals surface area contributed by atoms with Crippen molar-refractivity contribution < 1.29 is 9.53 Å². The molecular formula is C11H13N5O2. The number of rotatable bonds is 4. The quantitative estimate of drug-likeness (QED) is 0.794. The van der Waals surface area contributed by atoms with Gasteiger partial charge in [-0.2, -0.15) is 5.10 Å². The lowest BCUT2D eigenvalue weighted by atomic mass is 10.4. The number of aromatic nitrogens is 4. The Bertz CT molecular complexity index is 552. The summed E-state index contributed by atoms with van der Waals surface area (Å²) in [4.78, 5) is 19.4. The van der Waals surface area contributed by atoms with Gasteiger partial charge in [0.1, 0.15) is 5.82 Å². The zero-order valence-electron chi connectivity index (χ0n) is 10.1. The molecule has 2 N–H and O–H groups in total. The Labute approximate surface area is 104 Å². The molecule has 0 spiro atoms. The van der Waals surface area contributed by atoms with Crippen LogP contribution in [0.4, 0.5) is 11.6 Å². The van der Waals surface area contributed by atoms with E-state index in [9.17, 15) is 4.79 Å². The number of hydrogen-bond donors (Lipinski definition) is 2. The highest BCUT2D eigenvalue weighted by molar-refractivity contribution is 5.85. The maximum absolute atomic E-state index is 11.5. The van der Waals surface area contributed by atoms with Crippen LogP contribution < -0.4 is 5.32 Å². The van der Waals surface area contributed by atoms with E-state index in [1.165, 1.54) is 6.20 Å². The molecule has 0 bridgehead atoms. The molecular weight excluding hydrogens is 234 g/mol. The SMILES string of the molecule is CCOC(=O)c1nccc(Nc2cc(C)[nH]n2)n1. The highest BCUT2D eigenvalue weighted by Crippen LogP contribution is 2.12. The highest BCUT2D eigenvalue weighted by Gasteiger charge is 2.10. The van der Waals surface area contributed by atoms with Crippen molar-refractivity contribution in [2.24, 2.45) is 0 Å². The first kappa shape index (κ1) is 12.0. The average molecular weight is 247 g/mol. The number of aromatic amines is 1. The van der Waals surface area contributed by atoms with Crippen LogP contribution in [0, 0.1) is 6.92 Å². The van der Waals surface area contributed by atoms with Crippen LogP contribution in [0.5, 0.6) is 0 Å². The van der Waals surface area contributed by atoms with E-state index in [4.69, 9.17) is 4.74 Å². The van der Waals surface area contributed by atoms with Gasteiger partial charge in [0, 0.05) is 18.0 Å². The summed E-state index contributed by atoms with van der Waals surface area (Å²) >= 11 is 0. The van der Waals surface area contributed by atoms with Gasteiger partial charge in [0.25, 0.3) is 0 Å². The van der Waals surface area contributed by atoms with E-state index >= 15 is 0 Å². The van der Waals surface area contributed by atoms with Crippen LogP contribution in [-0.4, -0.2) is 32.7 Å². The fraction of sp³-hybridized carbons (Fsp3) is 0.273. The molecule has 2 aromatic rings. The van der Waals surface area contributed by atoms with E-state index in [1.54, 1.807) is 13.0 Å². The monoisotopic (exact) mass is 247 g/mol. The van der Waals surface area contributed by atoms with Gasteiger partial charge in [-0.1, -0.05) is 0 Å². The largest absolute Gasteiger partial charge is 0.460 e. The third kappa shape index (κ3) is 2.82. The molecule has 7 heteroatoms. The predicted octanol–water partition coefficient (Wildman–Crippen LogP) is 1.43. The molecule has 7 nitrogen and oxygen atoms in total. The number of nitrogens with zero attached hydrogens (tertiary/aromatic N) is 3. The van der Waals surface area contributed by atoms with Gasteiger partial charge in [0.05, 0.1) is 6.61 Å². The summed E-state index contributed by atoms with van der Waals surface area (Å²) in [5, 5.41) is 9.77. The summed E-state index contributed by atoms with van der Waals surface area (Å²) in [7, 11) is 0. The van der Waals surface area contributed by atoms with E-state index in [2.05, 4.69) is 25.5 Å². The molecule has 2 aromatic heterocycles. The second-order valence-corrected chi connectivity index (χ2v) is 3.55. The number of nitrogens with one attached hydrogen (secondary N) is 2. The van der Waals surface area contributed by atoms with Gasteiger partial charge in [0.2, 0.25) is 5.82 Å². The van der Waals surface area contributed by atoms with Crippen molar-refractivity contribution in [2.75, 3.05) is 11.9 Å². The Morgan fingerprint density at radius 1 is 1.50 bits per heavy atom. The molecule has 0 amide bonds. The Morgan fingerprint density at radius 2 is 2.33 bits per heavy atom. The van der Waals surface area contributed by atoms with Crippen LogP contribution in [0.25, 0.3) is 0 Å². The third-order valence-corrected chi connectivity index (χ3v) is 2.08. The number of carbonyl (C=O) groups is 1. The number of hydrogen-bond acceptors (Lipinski definition) is 6. The Kier molecular flexibility index (Phi) is 3.52. The molecule has 0 aliphatic carbocycles. The third-order valence-electron chi connectivity index (χ3n) is 2.08. The summed E-state index contributed by atoms with van der Waals surface area (Å²) in [5.41, 5.74) is 0.928. The number of ether oxygens (including phenoxy) is 1. The number of H-pyrrole nitrogens is 1. The molecule has 2 rings (SSSR count). The van der Waals surface area contributed by atoms with Gasteiger partial charge in [-0.15, -0.1) is 0 Å². The summed E-state index contributed by atoms with van der Waals surface area (Å²) in [6, 6.07) is 3.47. The van der Waals surface area contributed by atoms with Crippen molar-refractivity contribution in [1.29, 1.82) is 0 Å². The molecule has 0 atom stereocenters. The zero-order valence-corrected chi connectivity index (χ0v) is 10.1. The standard InChI is InChI=1S/C11H13N5O2/c1-3-18-11(17)10-12-5-4-8(14-10)13-9-6-7(2)15-16-9/h4-6H,3H2,1-2H3,(H2,12,13,14,15,16). The molecule has 0 aromatic carbocycles. The average Bonchev–Trinajstić information content (AvgIpc) is 2.75. The van der Waals surface area contributed by atoms with Crippen molar-refractivity contribution in [3.63, 3.8) is 0 Å². The van der Waals surface area contributed by atoms with E-state index in [1.807, 2.05) is 13.0 Å². The van der Waals surface area contributed by atoms with E-state index < -0.39 is 5.97 Å². The van der Waals surface area contributed by atoms with Gasteiger partial charge in [-0.3, -0.25) is 5.10 Å². The molecule has 0 saturated carbocycles. The Balaban J connectivity index is 2.14. The molecule has 18 heavy (non-hydrogen) atoms. The molecule has 0 aliphatic heterocycles. The summed E-state index contributed by atoms with van der Waals surface area (Å²) in [5.74, 6) is 0.592. The normalized spacial score (nSPS) is 10.1. The summed E-state index contributed by atoms with van der Waals surface area (Å²) in [6.45, 7) is 3.91. The van der Waals surface area contributed by atoms with E-state index in [0.29, 0.717) is 18.2 Å². The minimum absolute atomic E-state index is 0.0223. The summed E-state index contributed by atoms with van der Waals surface area (Å²) < 4.78 is 4.82. The van der Waals surface area contributed by atoms with Crippen LogP contribution in [0.15, 0.2) is 18.3 Å². The summed E-state index contributed by atoms with van der Waals surface area (Å²) in [6.07, 6.45) is 1.49. The number of aryl methyl sites for hydroxylation is 1. The van der Waals surface area contributed by atoms with Gasteiger partial charge >= 0.3 is 5.97 Å². The van der Waals surface area contributed by atoms with E-state index in [0.717, 1.165) is 5.69 Å². The van der Waals surface area contributed by atoms with Gasteiger partial charge in [-0.25, -0.2) is 14.8 Å². The second-order valence-electron chi connectivity index (χ2n) is 3.55. The lowest BCUT2D eigenvalue weighted by Crippen LogP contribution is -2.10. The molecule has 0 unspecified atom stereocenters. The highest BCUT2D eigenvalue weighted by atomic mass is 16.5. The second kappa shape index (κ2) is 5.26. The van der Waals surface area contributed by atoms with Crippen molar-refractivity contribution in [3.8, 4) is 0 Å². The lowest BCUT2D eigenvalue weighted by molar-refractivity contribution is 0.0512. The van der Waals surface area contributed by atoms with Crippen LogP contribution >= 0.6 is 0 Å². The molecule has 0 radical (unpaired) electrons. The first-order valence-corrected chi connectivity index (χ1v) is 5.48. The number of esters is 1. The molecule has 0 fully saturated rings. The smallest absolute Gasteiger partial charge is 0.376 e. The van der Waals surface area contributed by atoms with Crippen LogP contribution in [-0.2, 0) is 4.74 Å². The van der Waals surface area contributed by atoms with Crippen molar-refractivity contribution in [2.45, 2.75) is 13.8 Å². The van der Waals surface area contributed by atoms with Crippen LogP contribution in [0.1, 0.15) is 23.2 Å². The first-order valence-electron chi connectivity index (χ1n) is 5.48. The lowest BCUT2D eigenvalue weighted by Gasteiger charge is -2.03. The minimum atomic E-state index is -0.542. The Morgan fingerprint density at radius 3 is 3.00 bits per heavy atom. The van der Waals surface area contributed by atoms with Crippen molar-refractivity contribution in [3.05, 3.63) is 29.8 Å². The van der Waals surface area contributed by atoms with Gasteiger partial charge < -0.3 is 10.1 Å². The molecule has 2 heterocycles. The maximum atomic E-state index is 11.5. The van der Waals surface area contributed by atoms with Gasteiger partial charge in [-0.05, 0) is 19.9 Å². The minimum Gasteiger partial charge on any atom is -0.460 e. The Hall–Kier alpha value is -2.44. The van der Waals surface area contributed by atoms with Gasteiger partial charge in [0.15, 0.2) is 5.82 Å². The fourth-order valence-electron chi connectivity index (χ4n) is 1.34. The first-order chi connectivity index (χ1) is 8.69. The fourth-order valence-corrected chi connectivity index (χ4v) is 1.34. The van der Waals surface area contributed by atoms with E-state index in [-0.39, 0.29) is 5.82 Å². The number of carbonyl (C=O) groups excluding carboxylic acids is 1. The van der Waals surface area contributed by atoms with Crippen LogP contribution in [0.3, 0.4) is 0 Å². The van der Waals surface area contributed by atoms with Crippen molar-refractivity contribution in [1.82, 2.24) is 20.2 Å². The number of anilines is 2. The topological polar surface area (TPSA) is 92.8 Å². The molecule has 94 valence electrons. The van der Waals surface area contributed by atoms with Crippen LogP contribution in [0.2, 0.25) is 0 Å². The van der Waals surface area contributed by atoms with Crippen molar-refractivity contribution >= 4 is 17.6 Å².